The zero-order valence-electron chi connectivity index (χ0n) is 17.3. The first-order chi connectivity index (χ1) is 15.1. The predicted molar refractivity (Wildman–Crippen MR) is 111 cm³/mol. The number of fused-ring (bicyclic) bond motifs is 1. The van der Waals surface area contributed by atoms with E-state index in [1.165, 1.54) is 31.2 Å². The maximum absolute atomic E-state index is 14.4. The summed E-state index contributed by atoms with van der Waals surface area (Å²) in [7, 11) is 1.12. The average Bonchev–Trinajstić information content (AvgIpc) is 3.33. The molecular formula is C21H21F3N2O5S. The zero-order chi connectivity index (χ0) is 23.5. The van der Waals surface area contributed by atoms with Crippen molar-refractivity contribution in [3.63, 3.8) is 0 Å². The van der Waals surface area contributed by atoms with Crippen molar-refractivity contribution in [1.29, 1.82) is 0 Å². The average molecular weight is 470 g/mol. The molecule has 0 bridgehead atoms. The van der Waals surface area contributed by atoms with Gasteiger partial charge < -0.3 is 20.1 Å². The Kier molecular flexibility index (Phi) is 6.77. The molecule has 1 heterocycles. The number of carbonyl (C=O) groups is 3. The molecule has 1 amide bonds. The van der Waals surface area contributed by atoms with Crippen molar-refractivity contribution in [1.82, 2.24) is 5.32 Å². The first-order valence-corrected chi connectivity index (χ1v) is 10.6. The second kappa shape index (κ2) is 9.19. The van der Waals surface area contributed by atoms with Crippen LogP contribution in [-0.4, -0.2) is 43.4 Å². The molecule has 0 saturated carbocycles. The van der Waals surface area contributed by atoms with Gasteiger partial charge in [0.2, 0.25) is 0 Å². The van der Waals surface area contributed by atoms with Crippen molar-refractivity contribution >= 4 is 34.2 Å². The summed E-state index contributed by atoms with van der Waals surface area (Å²) in [6.07, 6.45) is -3.49. The Morgan fingerprint density at radius 1 is 1.12 bits per heavy atom. The molecule has 1 aromatic carbocycles. The van der Waals surface area contributed by atoms with Crippen molar-refractivity contribution in [3.8, 4) is 0 Å². The fraction of sp³-hybridized carbons (Fsp3) is 0.381. The van der Waals surface area contributed by atoms with Crippen molar-refractivity contribution in [2.45, 2.75) is 38.0 Å². The van der Waals surface area contributed by atoms with Crippen molar-refractivity contribution in [2.24, 2.45) is 0 Å². The Bertz CT molecular complexity index is 1020. The van der Waals surface area contributed by atoms with Crippen LogP contribution in [0.25, 0.3) is 0 Å². The maximum atomic E-state index is 14.4. The number of hydrogen-bond donors (Lipinski definition) is 2. The number of anilines is 1. The molecule has 0 spiro atoms. The van der Waals surface area contributed by atoms with E-state index in [0.717, 1.165) is 29.7 Å². The van der Waals surface area contributed by atoms with Gasteiger partial charge in [-0.3, -0.25) is 4.79 Å². The summed E-state index contributed by atoms with van der Waals surface area (Å²) in [5.41, 5.74) is -3.21. The molecule has 32 heavy (non-hydrogen) atoms. The first-order valence-electron chi connectivity index (χ1n) is 9.77. The van der Waals surface area contributed by atoms with Crippen molar-refractivity contribution in [3.05, 3.63) is 51.9 Å². The predicted octanol–water partition coefficient (Wildman–Crippen LogP) is 3.69. The Hall–Kier alpha value is -3.08. The zero-order valence-corrected chi connectivity index (χ0v) is 18.1. The number of halogens is 3. The minimum Gasteiger partial charge on any atom is -0.465 e. The van der Waals surface area contributed by atoms with Gasteiger partial charge in [-0.1, -0.05) is 18.2 Å². The first kappa shape index (κ1) is 23.6. The molecule has 1 aliphatic carbocycles. The topological polar surface area (TPSA) is 93.7 Å². The normalized spacial score (nSPS) is 14.8. The molecule has 0 radical (unpaired) electrons. The van der Waals surface area contributed by atoms with E-state index in [0.29, 0.717) is 18.4 Å². The number of alkyl halides is 3. The van der Waals surface area contributed by atoms with Gasteiger partial charge in [-0.25, -0.2) is 9.59 Å². The van der Waals surface area contributed by atoms with Gasteiger partial charge in [0.1, 0.15) is 5.00 Å². The highest BCUT2D eigenvalue weighted by atomic mass is 32.1. The molecule has 2 N–H and O–H groups in total. The Morgan fingerprint density at radius 2 is 1.81 bits per heavy atom. The minimum absolute atomic E-state index is 0.0723. The van der Waals surface area contributed by atoms with Crippen LogP contribution in [0.5, 0.6) is 0 Å². The third-order valence-corrected chi connectivity index (χ3v) is 6.16. The second-order valence-corrected chi connectivity index (χ2v) is 8.07. The minimum atomic E-state index is -5.31. The largest absolute Gasteiger partial charge is 0.465 e. The summed E-state index contributed by atoms with van der Waals surface area (Å²) in [5.74, 6) is -3.73. The number of amides is 1. The number of hydrogen-bond acceptors (Lipinski definition) is 7. The van der Waals surface area contributed by atoms with Crippen LogP contribution in [0.15, 0.2) is 30.3 Å². The lowest BCUT2D eigenvalue weighted by atomic mass is 10.1. The Morgan fingerprint density at radius 3 is 2.41 bits per heavy atom. The van der Waals surface area contributed by atoms with E-state index in [2.05, 4.69) is 5.32 Å². The molecule has 2 aromatic rings. The molecule has 11 heteroatoms. The van der Waals surface area contributed by atoms with Gasteiger partial charge in [0.05, 0.1) is 19.3 Å². The Labute approximate surface area is 185 Å². The molecule has 1 aliphatic rings. The lowest BCUT2D eigenvalue weighted by molar-refractivity contribution is -0.204. The van der Waals surface area contributed by atoms with Crippen LogP contribution in [0, 0.1) is 0 Å². The number of ether oxygens (including phenoxy) is 2. The van der Waals surface area contributed by atoms with Gasteiger partial charge in [-0.15, -0.1) is 11.3 Å². The number of rotatable bonds is 7. The summed E-state index contributed by atoms with van der Waals surface area (Å²) in [5, 5.41) is 3.67. The van der Waals surface area contributed by atoms with Gasteiger partial charge >= 0.3 is 23.8 Å². The van der Waals surface area contributed by atoms with Gasteiger partial charge in [0, 0.05) is 10.4 Å². The highest BCUT2D eigenvalue weighted by Crippen LogP contribution is 2.43. The number of esters is 2. The second-order valence-electron chi connectivity index (χ2n) is 6.97. The quantitative estimate of drug-likeness (QED) is 0.474. The van der Waals surface area contributed by atoms with E-state index in [9.17, 15) is 27.6 Å². The van der Waals surface area contributed by atoms with Gasteiger partial charge in [-0.2, -0.15) is 13.2 Å². The standard InChI is InChI=1S/C21H21F3N2O5S/c1-3-31-19(29)20(21(22,23)24,25-16(27)12-8-5-4-6-9-12)26-17-15(18(28)30-2)13-10-7-11-14(13)32-17/h4-6,8-9,26H,3,7,10-11H2,1-2H3,(H,25,27). The van der Waals surface area contributed by atoms with Gasteiger partial charge in [0.25, 0.3) is 5.91 Å². The van der Waals surface area contributed by atoms with E-state index in [-0.39, 0.29) is 22.7 Å². The van der Waals surface area contributed by atoms with Crippen molar-refractivity contribution in [2.75, 3.05) is 19.0 Å². The number of methoxy groups -OCH3 is 1. The molecular weight excluding hydrogens is 449 g/mol. The molecule has 3 rings (SSSR count). The SMILES string of the molecule is CCOC(=O)C(NC(=O)c1ccccc1)(Nc1sc2c(c1C(=O)OC)CCC2)C(F)(F)F. The summed E-state index contributed by atoms with van der Waals surface area (Å²) in [4.78, 5) is 38.5. The van der Waals surface area contributed by atoms with Gasteiger partial charge in [0.15, 0.2) is 0 Å². The molecule has 1 aromatic heterocycles. The van der Waals surface area contributed by atoms with Crippen LogP contribution in [0.4, 0.5) is 18.2 Å². The third kappa shape index (κ3) is 4.29. The van der Waals surface area contributed by atoms with Crippen LogP contribution in [0.3, 0.4) is 0 Å². The molecule has 172 valence electrons. The monoisotopic (exact) mass is 470 g/mol. The molecule has 0 fully saturated rings. The summed E-state index contributed by atoms with van der Waals surface area (Å²) < 4.78 is 52.8. The fourth-order valence-electron chi connectivity index (χ4n) is 3.44. The number of thiophene rings is 1. The molecule has 0 aliphatic heterocycles. The Balaban J connectivity index is 2.12. The fourth-order valence-corrected chi connectivity index (χ4v) is 4.78. The molecule has 1 atom stereocenters. The third-order valence-electron chi connectivity index (χ3n) is 4.96. The van der Waals surface area contributed by atoms with E-state index in [4.69, 9.17) is 9.47 Å². The molecule has 0 saturated heterocycles. The lowest BCUT2D eigenvalue weighted by Crippen LogP contribution is -2.69. The van der Waals surface area contributed by atoms with Gasteiger partial charge in [-0.05, 0) is 43.9 Å². The number of nitrogens with one attached hydrogen (secondary N) is 2. The summed E-state index contributed by atoms with van der Waals surface area (Å²) in [6.45, 7) is 0.988. The highest BCUT2D eigenvalue weighted by Gasteiger charge is 2.64. The summed E-state index contributed by atoms with van der Waals surface area (Å²) in [6, 6.07) is 7.15. The van der Waals surface area contributed by atoms with Crippen LogP contribution in [-0.2, 0) is 27.1 Å². The van der Waals surface area contributed by atoms with E-state index in [1.54, 1.807) is 11.4 Å². The number of benzene rings is 1. The van der Waals surface area contributed by atoms with Crippen LogP contribution in [0.2, 0.25) is 0 Å². The van der Waals surface area contributed by atoms with Crippen molar-refractivity contribution < 1.29 is 37.0 Å². The highest BCUT2D eigenvalue weighted by molar-refractivity contribution is 7.16. The number of carbonyl (C=O) groups excluding carboxylic acids is 3. The molecule has 7 nitrogen and oxygen atoms in total. The summed E-state index contributed by atoms with van der Waals surface area (Å²) >= 11 is 0.923. The molecule has 1 unspecified atom stereocenters. The smallest absolute Gasteiger partial charge is 0.441 e. The lowest BCUT2D eigenvalue weighted by Gasteiger charge is -2.35. The van der Waals surface area contributed by atoms with Crippen LogP contribution >= 0.6 is 11.3 Å². The van der Waals surface area contributed by atoms with E-state index >= 15 is 0 Å². The number of aryl methyl sites for hydroxylation is 1. The van der Waals surface area contributed by atoms with Crippen LogP contribution < -0.4 is 10.6 Å². The van der Waals surface area contributed by atoms with E-state index in [1.807, 2.05) is 0 Å². The van der Waals surface area contributed by atoms with Crippen LogP contribution in [0.1, 0.15) is 44.5 Å². The maximum Gasteiger partial charge on any atom is 0.441 e. The van der Waals surface area contributed by atoms with E-state index < -0.39 is 29.7 Å².